The molecule has 0 saturated carbocycles. The zero-order chi connectivity index (χ0) is 15.6. The summed E-state index contributed by atoms with van der Waals surface area (Å²) in [5.41, 5.74) is 1.38. The number of aromatic nitrogens is 4. The van der Waals surface area contributed by atoms with Gasteiger partial charge >= 0.3 is 0 Å². The number of halogens is 1. The average Bonchev–Trinajstić information content (AvgIpc) is 2.82. The van der Waals surface area contributed by atoms with Gasteiger partial charge in [0.05, 0.1) is 17.3 Å². The van der Waals surface area contributed by atoms with Crippen LogP contribution in [-0.4, -0.2) is 32.8 Å². The minimum atomic E-state index is -0.284. The van der Waals surface area contributed by atoms with Crippen LogP contribution >= 0.6 is 0 Å². The number of fused-ring (bicyclic) bond motifs is 1. The van der Waals surface area contributed by atoms with Gasteiger partial charge in [0.15, 0.2) is 5.65 Å². The van der Waals surface area contributed by atoms with Crippen LogP contribution in [0.1, 0.15) is 25.7 Å². The molecule has 1 fully saturated rings. The van der Waals surface area contributed by atoms with Gasteiger partial charge in [0.1, 0.15) is 18.0 Å². The monoisotopic (exact) mass is 311 g/mol. The fourth-order valence-electron chi connectivity index (χ4n) is 3.16. The molecular weight excluding hydrogens is 293 g/mol. The molecule has 0 atom stereocenters. The lowest BCUT2D eigenvalue weighted by atomic mass is 10.2. The Hall–Kier alpha value is -2.50. The SMILES string of the molecule is Fc1cccc(-n2ncc3c(N4CCCCCC4)ncnc32)c1. The lowest BCUT2D eigenvalue weighted by molar-refractivity contribution is 0.625. The van der Waals surface area contributed by atoms with E-state index >= 15 is 0 Å². The van der Waals surface area contributed by atoms with Gasteiger partial charge < -0.3 is 4.90 Å². The van der Waals surface area contributed by atoms with Crippen molar-refractivity contribution in [3.8, 4) is 5.69 Å². The second-order valence-electron chi connectivity index (χ2n) is 5.87. The van der Waals surface area contributed by atoms with Gasteiger partial charge in [0.25, 0.3) is 0 Å². The molecule has 6 heteroatoms. The quantitative estimate of drug-likeness (QED) is 0.728. The number of nitrogens with zero attached hydrogens (tertiary/aromatic N) is 5. The first kappa shape index (κ1) is 14.1. The molecule has 0 bridgehead atoms. The number of hydrogen-bond donors (Lipinski definition) is 0. The van der Waals surface area contributed by atoms with Crippen molar-refractivity contribution in [2.75, 3.05) is 18.0 Å². The maximum Gasteiger partial charge on any atom is 0.168 e. The minimum Gasteiger partial charge on any atom is -0.356 e. The van der Waals surface area contributed by atoms with Gasteiger partial charge in [-0.05, 0) is 31.0 Å². The van der Waals surface area contributed by atoms with Crippen LogP contribution in [0.15, 0.2) is 36.8 Å². The molecule has 0 spiro atoms. The van der Waals surface area contributed by atoms with Crippen molar-refractivity contribution in [2.45, 2.75) is 25.7 Å². The molecule has 0 amide bonds. The van der Waals surface area contributed by atoms with E-state index in [1.807, 2.05) is 6.07 Å². The molecule has 1 aromatic carbocycles. The maximum atomic E-state index is 13.5. The summed E-state index contributed by atoms with van der Waals surface area (Å²) in [6.45, 7) is 2.02. The summed E-state index contributed by atoms with van der Waals surface area (Å²) < 4.78 is 15.2. The maximum absolute atomic E-state index is 13.5. The van der Waals surface area contributed by atoms with Crippen LogP contribution in [0.25, 0.3) is 16.7 Å². The zero-order valence-corrected chi connectivity index (χ0v) is 12.8. The fourth-order valence-corrected chi connectivity index (χ4v) is 3.16. The second kappa shape index (κ2) is 5.95. The highest BCUT2D eigenvalue weighted by Crippen LogP contribution is 2.26. The third-order valence-corrected chi connectivity index (χ3v) is 4.30. The zero-order valence-electron chi connectivity index (χ0n) is 12.8. The largest absolute Gasteiger partial charge is 0.356 e. The Morgan fingerprint density at radius 3 is 2.61 bits per heavy atom. The summed E-state index contributed by atoms with van der Waals surface area (Å²) in [6, 6.07) is 6.38. The van der Waals surface area contributed by atoms with E-state index in [0.717, 1.165) is 24.3 Å². The molecule has 5 nitrogen and oxygen atoms in total. The molecule has 0 unspecified atom stereocenters. The smallest absolute Gasteiger partial charge is 0.168 e. The van der Waals surface area contributed by atoms with Crippen molar-refractivity contribution in [3.05, 3.63) is 42.6 Å². The van der Waals surface area contributed by atoms with E-state index < -0.39 is 0 Å². The summed E-state index contributed by atoms with van der Waals surface area (Å²) in [6.07, 6.45) is 8.26. The first-order valence-electron chi connectivity index (χ1n) is 8.02. The normalized spacial score (nSPS) is 15.8. The van der Waals surface area contributed by atoms with Gasteiger partial charge in [0.2, 0.25) is 0 Å². The van der Waals surface area contributed by atoms with E-state index in [1.165, 1.54) is 37.8 Å². The summed E-state index contributed by atoms with van der Waals surface area (Å²) in [4.78, 5) is 11.2. The Bertz CT molecular complexity index is 821. The molecule has 0 N–H and O–H groups in total. The first-order chi connectivity index (χ1) is 11.3. The van der Waals surface area contributed by atoms with Gasteiger partial charge in [-0.15, -0.1) is 0 Å². The highest BCUT2D eigenvalue weighted by molar-refractivity contribution is 5.87. The third-order valence-electron chi connectivity index (χ3n) is 4.30. The average molecular weight is 311 g/mol. The van der Waals surface area contributed by atoms with E-state index in [0.29, 0.717) is 11.3 Å². The van der Waals surface area contributed by atoms with Crippen LogP contribution < -0.4 is 4.90 Å². The van der Waals surface area contributed by atoms with E-state index in [4.69, 9.17) is 0 Å². The number of hydrogen-bond acceptors (Lipinski definition) is 4. The van der Waals surface area contributed by atoms with E-state index in [1.54, 1.807) is 23.3 Å². The van der Waals surface area contributed by atoms with E-state index in [2.05, 4.69) is 20.0 Å². The van der Waals surface area contributed by atoms with Crippen LogP contribution in [0.5, 0.6) is 0 Å². The predicted molar refractivity (Wildman–Crippen MR) is 87.3 cm³/mol. The Balaban J connectivity index is 1.80. The van der Waals surface area contributed by atoms with Crippen molar-refractivity contribution in [2.24, 2.45) is 0 Å². The minimum absolute atomic E-state index is 0.284. The molecule has 2 aromatic heterocycles. The van der Waals surface area contributed by atoms with E-state index in [9.17, 15) is 4.39 Å². The van der Waals surface area contributed by atoms with Gasteiger partial charge in [-0.1, -0.05) is 18.9 Å². The van der Waals surface area contributed by atoms with Crippen LogP contribution in [0.2, 0.25) is 0 Å². The van der Waals surface area contributed by atoms with Gasteiger partial charge in [-0.2, -0.15) is 5.10 Å². The highest BCUT2D eigenvalue weighted by Gasteiger charge is 2.17. The molecule has 118 valence electrons. The Morgan fingerprint density at radius 2 is 1.83 bits per heavy atom. The second-order valence-corrected chi connectivity index (χ2v) is 5.87. The molecular formula is C17H18FN5. The van der Waals surface area contributed by atoms with Crippen LogP contribution in [0, 0.1) is 5.82 Å². The standard InChI is InChI=1S/C17H18FN5/c18-13-6-5-7-14(10-13)23-17-15(11-21-23)16(19-12-20-17)22-8-3-1-2-4-9-22/h5-7,10-12H,1-4,8-9H2. The van der Waals surface area contributed by atoms with Crippen LogP contribution in [0.4, 0.5) is 10.2 Å². The first-order valence-corrected chi connectivity index (χ1v) is 8.02. The summed E-state index contributed by atoms with van der Waals surface area (Å²) >= 11 is 0. The predicted octanol–water partition coefficient (Wildman–Crippen LogP) is 3.34. The summed E-state index contributed by atoms with van der Waals surface area (Å²) in [7, 11) is 0. The fraction of sp³-hybridized carbons (Fsp3) is 0.353. The Kier molecular flexibility index (Phi) is 3.65. The molecule has 0 radical (unpaired) electrons. The lowest BCUT2D eigenvalue weighted by Gasteiger charge is -2.21. The Labute approximate surface area is 133 Å². The third kappa shape index (κ3) is 2.65. The number of anilines is 1. The summed E-state index contributed by atoms with van der Waals surface area (Å²) in [5, 5.41) is 5.32. The molecule has 1 saturated heterocycles. The van der Waals surface area contributed by atoms with Crippen molar-refractivity contribution in [1.82, 2.24) is 19.7 Å². The van der Waals surface area contributed by atoms with Crippen LogP contribution in [0.3, 0.4) is 0 Å². The van der Waals surface area contributed by atoms with Crippen molar-refractivity contribution < 1.29 is 4.39 Å². The molecule has 3 aromatic rings. The van der Waals surface area contributed by atoms with Gasteiger partial charge in [-0.3, -0.25) is 0 Å². The number of benzene rings is 1. The molecule has 3 heterocycles. The molecule has 1 aliphatic rings. The molecule has 1 aliphatic heterocycles. The van der Waals surface area contributed by atoms with Gasteiger partial charge in [0, 0.05) is 13.1 Å². The highest BCUT2D eigenvalue weighted by atomic mass is 19.1. The Morgan fingerprint density at radius 1 is 1.00 bits per heavy atom. The summed E-state index contributed by atoms with van der Waals surface area (Å²) in [5.74, 6) is 0.646. The number of rotatable bonds is 2. The molecule has 0 aliphatic carbocycles. The van der Waals surface area contributed by atoms with Crippen LogP contribution in [-0.2, 0) is 0 Å². The lowest BCUT2D eigenvalue weighted by Crippen LogP contribution is -2.25. The van der Waals surface area contributed by atoms with Gasteiger partial charge in [-0.25, -0.2) is 19.0 Å². The van der Waals surface area contributed by atoms with Crippen molar-refractivity contribution >= 4 is 16.9 Å². The molecule has 23 heavy (non-hydrogen) atoms. The van der Waals surface area contributed by atoms with E-state index in [-0.39, 0.29) is 5.82 Å². The van der Waals surface area contributed by atoms with Crippen molar-refractivity contribution in [1.29, 1.82) is 0 Å². The molecule has 4 rings (SSSR count). The van der Waals surface area contributed by atoms with Crippen molar-refractivity contribution in [3.63, 3.8) is 0 Å². The topological polar surface area (TPSA) is 46.8 Å².